The molecule has 25 heavy (non-hydrogen) atoms. The summed E-state index contributed by atoms with van der Waals surface area (Å²) in [6, 6.07) is 11.5. The van der Waals surface area contributed by atoms with Gasteiger partial charge >= 0.3 is 0 Å². The van der Waals surface area contributed by atoms with Gasteiger partial charge in [-0.1, -0.05) is 30.3 Å². The number of amides is 1. The molecule has 1 aromatic carbocycles. The minimum Gasteiger partial charge on any atom is -0.352 e. The quantitative estimate of drug-likeness (QED) is 0.920. The average Bonchev–Trinajstić information content (AvgIpc) is 2.53. The molecule has 5 aliphatic rings. The van der Waals surface area contributed by atoms with Gasteiger partial charge in [0.15, 0.2) is 0 Å². The molecule has 1 N–H and O–H groups in total. The lowest BCUT2D eigenvalue weighted by molar-refractivity contribution is -0.430. The molecule has 3 heteroatoms. The maximum Gasteiger partial charge on any atom is 0.227 e. The number of piperidine rings is 1. The number of rotatable bonds is 3. The van der Waals surface area contributed by atoms with Crippen LogP contribution in [0.3, 0.4) is 0 Å². The molecule has 1 aromatic rings. The number of nitrogens with one attached hydrogen (secondary N) is 1. The van der Waals surface area contributed by atoms with Crippen LogP contribution < -0.4 is 5.32 Å². The van der Waals surface area contributed by atoms with Crippen molar-refractivity contribution < 1.29 is 4.79 Å². The smallest absolute Gasteiger partial charge is 0.227 e. The van der Waals surface area contributed by atoms with Gasteiger partial charge in [-0.05, 0) is 69.5 Å². The van der Waals surface area contributed by atoms with E-state index in [1.54, 1.807) is 0 Å². The normalized spacial score (nSPS) is 49.4. The van der Waals surface area contributed by atoms with E-state index in [1.165, 1.54) is 31.4 Å². The van der Waals surface area contributed by atoms with Crippen molar-refractivity contribution >= 4 is 5.91 Å². The fourth-order valence-electron chi connectivity index (χ4n) is 8.34. The zero-order valence-corrected chi connectivity index (χ0v) is 15.1. The number of benzene rings is 1. The highest BCUT2D eigenvalue weighted by Gasteiger charge is 2.95. The van der Waals surface area contributed by atoms with Gasteiger partial charge in [-0.25, -0.2) is 0 Å². The number of carbonyl (C=O) groups is 1. The van der Waals surface area contributed by atoms with Crippen molar-refractivity contribution in [1.29, 1.82) is 0 Å². The molecule has 0 radical (unpaired) electrons. The van der Waals surface area contributed by atoms with Crippen LogP contribution in [0.1, 0.15) is 44.1 Å². The Balaban J connectivity index is 1.28. The fraction of sp³-hybridized carbons (Fsp3) is 0.682. The number of hydrogen-bond donors (Lipinski definition) is 1. The van der Waals surface area contributed by atoms with Crippen LogP contribution in [0.25, 0.3) is 0 Å². The van der Waals surface area contributed by atoms with Gasteiger partial charge in [-0.3, -0.25) is 4.79 Å². The molecule has 0 aromatic heterocycles. The number of likely N-dealkylation sites (tertiary alicyclic amines) is 1. The van der Waals surface area contributed by atoms with Gasteiger partial charge < -0.3 is 10.2 Å². The standard InChI is InChI=1S/C22H28N2O/c1-24-9-5-8-18(13-24)23-19(25)21-12-17-10-16-11-20(14-21,22(16,17)21)15-6-3-2-4-7-15/h2-4,6-7,16-18H,5,8-14H2,1H3,(H,23,25)/t16?,17?,18-,20?,21?,22?/m1/s1. The third-order valence-corrected chi connectivity index (χ3v) is 8.95. The maximum absolute atomic E-state index is 13.4. The van der Waals surface area contributed by atoms with Gasteiger partial charge in [0.25, 0.3) is 0 Å². The summed E-state index contributed by atoms with van der Waals surface area (Å²) in [7, 11) is 2.17. The Bertz CT molecular complexity index is 742. The van der Waals surface area contributed by atoms with Gasteiger partial charge in [0.05, 0.1) is 5.41 Å². The van der Waals surface area contributed by atoms with Crippen molar-refractivity contribution in [3.05, 3.63) is 35.9 Å². The first-order valence-corrected chi connectivity index (χ1v) is 10.2. The van der Waals surface area contributed by atoms with Crippen molar-refractivity contribution in [3.8, 4) is 0 Å². The van der Waals surface area contributed by atoms with Crippen LogP contribution in [0.2, 0.25) is 0 Å². The van der Waals surface area contributed by atoms with E-state index in [0.29, 0.717) is 22.8 Å². The summed E-state index contributed by atoms with van der Waals surface area (Å²) in [5.74, 6) is 2.04. The van der Waals surface area contributed by atoms with E-state index in [0.717, 1.165) is 37.6 Å². The van der Waals surface area contributed by atoms with Crippen LogP contribution in [0.15, 0.2) is 30.3 Å². The van der Waals surface area contributed by atoms with Crippen LogP contribution in [-0.4, -0.2) is 37.0 Å². The van der Waals surface area contributed by atoms with Crippen LogP contribution in [-0.2, 0) is 10.2 Å². The van der Waals surface area contributed by atoms with Gasteiger partial charge in [0.1, 0.15) is 0 Å². The molecule has 5 unspecified atom stereocenters. The van der Waals surface area contributed by atoms with Crippen LogP contribution in [0.5, 0.6) is 0 Å². The summed E-state index contributed by atoms with van der Waals surface area (Å²) < 4.78 is 0. The van der Waals surface area contributed by atoms with Crippen molar-refractivity contribution in [2.75, 3.05) is 20.1 Å². The lowest BCUT2D eigenvalue weighted by Crippen LogP contribution is -2.94. The van der Waals surface area contributed by atoms with Gasteiger partial charge in [0.2, 0.25) is 5.91 Å². The van der Waals surface area contributed by atoms with Gasteiger partial charge in [-0.15, -0.1) is 0 Å². The molecular formula is C22H28N2O. The van der Waals surface area contributed by atoms with Gasteiger partial charge in [0, 0.05) is 23.4 Å². The van der Waals surface area contributed by atoms with Crippen molar-refractivity contribution in [3.63, 3.8) is 0 Å². The van der Waals surface area contributed by atoms with E-state index >= 15 is 0 Å². The summed E-state index contributed by atoms with van der Waals surface area (Å²) >= 11 is 0. The van der Waals surface area contributed by atoms with E-state index in [-0.39, 0.29) is 5.41 Å². The summed E-state index contributed by atoms with van der Waals surface area (Å²) in [6.07, 6.45) is 7.33. The van der Waals surface area contributed by atoms with Gasteiger partial charge in [-0.2, -0.15) is 0 Å². The van der Waals surface area contributed by atoms with E-state index < -0.39 is 0 Å². The zero-order valence-electron chi connectivity index (χ0n) is 15.1. The largest absolute Gasteiger partial charge is 0.352 e. The SMILES string of the molecule is CN1CCC[C@@H](NC(=O)C23CC4CC5CC(c6ccccc6)(C2)C453)C1. The Hall–Kier alpha value is -1.35. The second kappa shape index (κ2) is 4.49. The Labute approximate surface area is 150 Å². The molecule has 1 amide bonds. The summed E-state index contributed by atoms with van der Waals surface area (Å²) in [5, 5.41) is 3.48. The molecule has 6 atom stereocenters. The number of hydrogen-bond acceptors (Lipinski definition) is 2. The molecule has 1 aliphatic heterocycles. The first kappa shape index (κ1) is 14.8. The Morgan fingerprint density at radius 1 is 1.20 bits per heavy atom. The average molecular weight is 336 g/mol. The third kappa shape index (κ3) is 1.41. The topological polar surface area (TPSA) is 32.3 Å². The molecule has 3 nitrogen and oxygen atoms in total. The lowest BCUT2D eigenvalue weighted by Gasteiger charge is -2.95. The minimum atomic E-state index is -0.0231. The summed E-state index contributed by atoms with van der Waals surface area (Å²) in [6.45, 7) is 2.19. The molecule has 4 aliphatic carbocycles. The highest BCUT2D eigenvalue weighted by atomic mass is 16.2. The van der Waals surface area contributed by atoms with E-state index in [1.807, 2.05) is 0 Å². The Morgan fingerprint density at radius 3 is 2.72 bits per heavy atom. The second-order valence-electron chi connectivity index (χ2n) is 9.69. The maximum atomic E-state index is 13.4. The Kier molecular flexibility index (Phi) is 2.65. The predicted octanol–water partition coefficient (Wildman–Crippen LogP) is 2.95. The summed E-state index contributed by atoms with van der Waals surface area (Å²) in [4.78, 5) is 15.7. The molecule has 1 saturated heterocycles. The van der Waals surface area contributed by atoms with Crippen molar-refractivity contribution in [2.24, 2.45) is 22.7 Å². The first-order chi connectivity index (χ1) is 12.1. The van der Waals surface area contributed by atoms with Crippen molar-refractivity contribution in [1.82, 2.24) is 10.2 Å². The highest BCUT2D eigenvalue weighted by Crippen LogP contribution is 2.97. The van der Waals surface area contributed by atoms with Crippen LogP contribution >= 0.6 is 0 Å². The predicted molar refractivity (Wildman–Crippen MR) is 97.1 cm³/mol. The number of nitrogens with zero attached hydrogens (tertiary/aromatic N) is 1. The molecule has 4 saturated carbocycles. The number of likely N-dealkylation sites (N-methyl/N-ethyl adjacent to an activating group) is 1. The molecule has 6 rings (SSSR count). The molecule has 5 fully saturated rings. The molecule has 132 valence electrons. The highest BCUT2D eigenvalue weighted by molar-refractivity contribution is 5.89. The molecule has 1 heterocycles. The number of carbonyl (C=O) groups excluding carboxylic acids is 1. The molecular weight excluding hydrogens is 308 g/mol. The monoisotopic (exact) mass is 336 g/mol. The Morgan fingerprint density at radius 2 is 2.00 bits per heavy atom. The molecule has 1 spiro atoms. The zero-order chi connectivity index (χ0) is 16.9. The van der Waals surface area contributed by atoms with Crippen LogP contribution in [0, 0.1) is 22.7 Å². The summed E-state index contributed by atoms with van der Waals surface area (Å²) in [5.41, 5.74) is 2.16. The first-order valence-electron chi connectivity index (χ1n) is 10.2. The van der Waals surface area contributed by atoms with Crippen LogP contribution in [0.4, 0.5) is 0 Å². The minimum absolute atomic E-state index is 0.0231. The van der Waals surface area contributed by atoms with E-state index in [4.69, 9.17) is 0 Å². The van der Waals surface area contributed by atoms with E-state index in [2.05, 4.69) is 47.6 Å². The molecule has 0 bridgehead atoms. The second-order valence-corrected chi connectivity index (χ2v) is 9.69. The van der Waals surface area contributed by atoms with E-state index in [9.17, 15) is 4.79 Å². The fourth-order valence-corrected chi connectivity index (χ4v) is 8.34. The lowest BCUT2D eigenvalue weighted by atomic mass is 9.07. The van der Waals surface area contributed by atoms with Crippen molar-refractivity contribution in [2.45, 2.75) is 50.0 Å². The third-order valence-electron chi connectivity index (χ3n) is 8.95.